The van der Waals surface area contributed by atoms with Gasteiger partial charge < -0.3 is 15.6 Å². The zero-order valence-electron chi connectivity index (χ0n) is 15.8. The third kappa shape index (κ3) is 3.24. The van der Waals surface area contributed by atoms with Gasteiger partial charge in [-0.2, -0.15) is 15.1 Å². The minimum atomic E-state index is -2.56. The smallest absolute Gasteiger partial charge is 0.248 e. The Bertz CT molecular complexity index is 1170. The maximum absolute atomic E-state index is 13.4. The molecule has 0 atom stereocenters. The Balaban J connectivity index is 1.49. The fraction of sp³-hybridized carbons (Fsp3) is 0.368. The van der Waals surface area contributed by atoms with E-state index >= 15 is 0 Å². The Morgan fingerprint density at radius 1 is 1.21 bits per heavy atom. The van der Waals surface area contributed by atoms with E-state index in [1.54, 1.807) is 24.0 Å². The van der Waals surface area contributed by atoms with Gasteiger partial charge in [0.25, 0.3) is 0 Å². The number of alkyl halides is 2. The summed E-state index contributed by atoms with van der Waals surface area (Å²) in [6, 6.07) is 3.74. The number of halogens is 2. The molecule has 1 aliphatic rings. The highest BCUT2D eigenvalue weighted by Gasteiger charge is 2.35. The standard InChI is InChI=1S/C19H20F2N8/c1-22-16-15-12(13-2-3-14-23-8-9-29(14)28-13)10-24-17(15)27-18(26-16)25-11-4-6-19(20,21)7-5-11/h2-3,8-11H,4-7H2,1H3,(H3,22,24,25,26,27). The number of imidazole rings is 1. The fourth-order valence-corrected chi connectivity index (χ4v) is 3.81. The lowest BCUT2D eigenvalue weighted by atomic mass is 9.92. The summed E-state index contributed by atoms with van der Waals surface area (Å²) in [5, 5.41) is 11.7. The molecule has 0 spiro atoms. The highest BCUT2D eigenvalue weighted by molar-refractivity contribution is 6.00. The Morgan fingerprint density at radius 2 is 2.03 bits per heavy atom. The predicted molar refractivity (Wildman–Crippen MR) is 106 cm³/mol. The van der Waals surface area contributed by atoms with E-state index in [4.69, 9.17) is 0 Å². The Labute approximate surface area is 164 Å². The largest absolute Gasteiger partial charge is 0.372 e. The van der Waals surface area contributed by atoms with E-state index in [9.17, 15) is 8.78 Å². The molecule has 0 bridgehead atoms. The molecule has 0 aliphatic heterocycles. The highest BCUT2D eigenvalue weighted by Crippen LogP contribution is 2.35. The van der Waals surface area contributed by atoms with E-state index < -0.39 is 5.92 Å². The van der Waals surface area contributed by atoms with Crippen LogP contribution < -0.4 is 10.6 Å². The lowest BCUT2D eigenvalue weighted by Crippen LogP contribution is -2.32. The van der Waals surface area contributed by atoms with Gasteiger partial charge in [-0.15, -0.1) is 0 Å². The third-order valence-electron chi connectivity index (χ3n) is 5.35. The van der Waals surface area contributed by atoms with Crippen LogP contribution in [0.2, 0.25) is 0 Å². The van der Waals surface area contributed by atoms with E-state index in [0.717, 1.165) is 22.3 Å². The summed E-state index contributed by atoms with van der Waals surface area (Å²) >= 11 is 0. The molecule has 10 heteroatoms. The molecule has 29 heavy (non-hydrogen) atoms. The number of aromatic nitrogens is 6. The number of nitrogens with one attached hydrogen (secondary N) is 3. The lowest BCUT2D eigenvalue weighted by Gasteiger charge is -2.28. The molecular formula is C19H20F2N8. The number of fused-ring (bicyclic) bond motifs is 2. The van der Waals surface area contributed by atoms with Crippen molar-refractivity contribution in [3.63, 3.8) is 0 Å². The van der Waals surface area contributed by atoms with Gasteiger partial charge in [0.2, 0.25) is 11.9 Å². The van der Waals surface area contributed by atoms with Crippen molar-refractivity contribution in [1.29, 1.82) is 0 Å². The predicted octanol–water partition coefficient (Wildman–Crippen LogP) is 3.70. The average Bonchev–Trinajstić information content (AvgIpc) is 3.35. The monoisotopic (exact) mass is 398 g/mol. The summed E-state index contributed by atoms with van der Waals surface area (Å²) in [5.41, 5.74) is 3.04. The molecule has 0 radical (unpaired) electrons. The maximum atomic E-state index is 13.4. The second kappa shape index (κ2) is 6.64. The van der Waals surface area contributed by atoms with Crippen LogP contribution in [-0.2, 0) is 0 Å². The van der Waals surface area contributed by atoms with Crippen LogP contribution in [0.3, 0.4) is 0 Å². The van der Waals surface area contributed by atoms with Crippen molar-refractivity contribution in [2.75, 3.05) is 17.7 Å². The zero-order valence-corrected chi connectivity index (χ0v) is 15.8. The SMILES string of the molecule is CNc1nc(NC2CCC(F)(F)CC2)nc2[nH]cc(-c3ccc4nccn4n3)c12. The van der Waals surface area contributed by atoms with E-state index in [-0.39, 0.29) is 18.9 Å². The van der Waals surface area contributed by atoms with Gasteiger partial charge in [0, 0.05) is 50.1 Å². The Kier molecular flexibility index (Phi) is 4.07. The molecule has 1 fully saturated rings. The van der Waals surface area contributed by atoms with Gasteiger partial charge in [0.05, 0.1) is 11.1 Å². The van der Waals surface area contributed by atoms with Gasteiger partial charge >= 0.3 is 0 Å². The second-order valence-electron chi connectivity index (χ2n) is 7.29. The lowest BCUT2D eigenvalue weighted by molar-refractivity contribution is -0.0361. The van der Waals surface area contributed by atoms with Gasteiger partial charge in [-0.25, -0.2) is 18.3 Å². The third-order valence-corrected chi connectivity index (χ3v) is 5.35. The normalized spacial score (nSPS) is 17.1. The van der Waals surface area contributed by atoms with Crippen molar-refractivity contribution in [1.82, 2.24) is 29.5 Å². The van der Waals surface area contributed by atoms with Crippen molar-refractivity contribution < 1.29 is 8.78 Å². The van der Waals surface area contributed by atoms with Crippen LogP contribution in [0, 0.1) is 0 Å². The van der Waals surface area contributed by atoms with Gasteiger partial charge in [-0.05, 0) is 25.0 Å². The summed E-state index contributed by atoms with van der Waals surface area (Å²) in [7, 11) is 1.79. The number of anilines is 2. The number of hydrogen-bond donors (Lipinski definition) is 3. The topological polar surface area (TPSA) is 95.8 Å². The minimum Gasteiger partial charge on any atom is -0.372 e. The van der Waals surface area contributed by atoms with Crippen LogP contribution in [0.25, 0.3) is 27.9 Å². The number of H-pyrrole nitrogens is 1. The van der Waals surface area contributed by atoms with Crippen LogP contribution in [0.4, 0.5) is 20.5 Å². The number of hydrogen-bond acceptors (Lipinski definition) is 6. The van der Waals surface area contributed by atoms with Gasteiger partial charge in [0.1, 0.15) is 11.5 Å². The summed E-state index contributed by atoms with van der Waals surface area (Å²) in [5.74, 6) is -1.50. The van der Waals surface area contributed by atoms with Crippen molar-refractivity contribution in [2.24, 2.45) is 0 Å². The quantitative estimate of drug-likeness (QED) is 0.485. The summed E-state index contributed by atoms with van der Waals surface area (Å²) in [6.07, 6.45) is 5.90. The zero-order chi connectivity index (χ0) is 20.0. The van der Waals surface area contributed by atoms with Crippen molar-refractivity contribution >= 4 is 28.4 Å². The van der Waals surface area contributed by atoms with Crippen LogP contribution in [0.15, 0.2) is 30.7 Å². The van der Waals surface area contributed by atoms with Crippen LogP contribution in [-0.4, -0.2) is 48.6 Å². The first-order valence-electron chi connectivity index (χ1n) is 9.54. The van der Waals surface area contributed by atoms with Crippen LogP contribution in [0.5, 0.6) is 0 Å². The average molecular weight is 398 g/mol. The Morgan fingerprint density at radius 3 is 2.83 bits per heavy atom. The van der Waals surface area contributed by atoms with Crippen molar-refractivity contribution in [2.45, 2.75) is 37.6 Å². The summed E-state index contributed by atoms with van der Waals surface area (Å²) in [4.78, 5) is 16.5. The summed E-state index contributed by atoms with van der Waals surface area (Å²) in [6.45, 7) is 0. The molecule has 0 aromatic carbocycles. The molecule has 8 nitrogen and oxygen atoms in total. The van der Waals surface area contributed by atoms with E-state index in [1.807, 2.05) is 18.3 Å². The molecule has 1 aliphatic carbocycles. The molecular weight excluding hydrogens is 378 g/mol. The van der Waals surface area contributed by atoms with Crippen molar-refractivity contribution in [3.8, 4) is 11.3 Å². The molecule has 0 unspecified atom stereocenters. The molecule has 150 valence electrons. The molecule has 4 aromatic rings. The van der Waals surface area contributed by atoms with E-state index in [2.05, 4.69) is 35.7 Å². The molecule has 4 aromatic heterocycles. The first kappa shape index (κ1) is 17.8. The Hall–Kier alpha value is -3.30. The first-order valence-corrected chi connectivity index (χ1v) is 9.54. The van der Waals surface area contributed by atoms with Gasteiger partial charge in [0.15, 0.2) is 5.65 Å². The van der Waals surface area contributed by atoms with Gasteiger partial charge in [-0.1, -0.05) is 0 Å². The summed E-state index contributed by atoms with van der Waals surface area (Å²) < 4.78 is 28.5. The fourth-order valence-electron chi connectivity index (χ4n) is 3.81. The second-order valence-corrected chi connectivity index (χ2v) is 7.29. The van der Waals surface area contributed by atoms with Gasteiger partial charge in [-0.3, -0.25) is 0 Å². The minimum absolute atomic E-state index is 0.0588. The van der Waals surface area contributed by atoms with E-state index in [0.29, 0.717) is 30.3 Å². The van der Waals surface area contributed by atoms with Crippen LogP contribution >= 0.6 is 0 Å². The molecule has 0 amide bonds. The number of aromatic amines is 1. The van der Waals surface area contributed by atoms with Crippen molar-refractivity contribution in [3.05, 3.63) is 30.7 Å². The number of rotatable bonds is 4. The molecule has 1 saturated carbocycles. The van der Waals surface area contributed by atoms with E-state index in [1.165, 1.54) is 0 Å². The molecule has 4 heterocycles. The van der Waals surface area contributed by atoms with Crippen LogP contribution in [0.1, 0.15) is 25.7 Å². The maximum Gasteiger partial charge on any atom is 0.248 e. The first-order chi connectivity index (χ1) is 14.0. The molecule has 3 N–H and O–H groups in total. The number of nitrogens with zero attached hydrogens (tertiary/aromatic N) is 5. The molecule has 0 saturated heterocycles. The highest BCUT2D eigenvalue weighted by atomic mass is 19.3. The molecule has 5 rings (SSSR count).